The Labute approximate surface area is 174 Å². The lowest BCUT2D eigenvalue weighted by molar-refractivity contribution is -0.123. The van der Waals surface area contributed by atoms with Crippen LogP contribution in [0.3, 0.4) is 0 Å². The normalized spacial score (nSPS) is 26.9. The molecule has 8 heteroatoms. The van der Waals surface area contributed by atoms with Gasteiger partial charge in [-0.15, -0.1) is 0 Å². The standard InChI is InChI=1S/C22H20N2O5S/c1-29-18-5-3-2-4-17(18)23-30(27,28)16-10-8-15(9-11-16)24-21(25)19-13-6-7-14(12-13)20(19)22(24)26/h2-11,13-14,19-20,23H,12H2,1H3/t13-,14+,19?,20?. The van der Waals surface area contributed by atoms with E-state index in [1.54, 1.807) is 24.3 Å². The first-order valence-electron chi connectivity index (χ1n) is 9.73. The molecule has 2 aromatic carbocycles. The number of amides is 2. The number of nitrogens with zero attached hydrogens (tertiary/aromatic N) is 1. The van der Waals surface area contributed by atoms with Crippen molar-refractivity contribution in [1.82, 2.24) is 0 Å². The van der Waals surface area contributed by atoms with Crippen LogP contribution in [-0.2, 0) is 19.6 Å². The maximum atomic E-state index is 12.9. The van der Waals surface area contributed by atoms with Gasteiger partial charge in [-0.3, -0.25) is 19.2 Å². The van der Waals surface area contributed by atoms with Gasteiger partial charge in [0.05, 0.1) is 35.2 Å². The molecular weight excluding hydrogens is 404 g/mol. The van der Waals surface area contributed by atoms with Crippen molar-refractivity contribution >= 4 is 33.2 Å². The molecule has 7 nitrogen and oxygen atoms in total. The predicted molar refractivity (Wildman–Crippen MR) is 110 cm³/mol. The minimum Gasteiger partial charge on any atom is -0.495 e. The van der Waals surface area contributed by atoms with E-state index in [-0.39, 0.29) is 40.4 Å². The number of anilines is 2. The number of sulfonamides is 1. The monoisotopic (exact) mass is 424 g/mol. The molecule has 2 amide bonds. The molecule has 0 spiro atoms. The number of carbonyl (C=O) groups is 2. The van der Waals surface area contributed by atoms with E-state index < -0.39 is 10.0 Å². The maximum absolute atomic E-state index is 12.9. The Morgan fingerprint density at radius 2 is 1.53 bits per heavy atom. The number of nitrogens with one attached hydrogen (secondary N) is 1. The Kier molecular flexibility index (Phi) is 4.21. The smallest absolute Gasteiger partial charge is 0.262 e. The van der Waals surface area contributed by atoms with Crippen LogP contribution in [0.25, 0.3) is 0 Å². The van der Waals surface area contributed by atoms with Gasteiger partial charge in [-0.05, 0) is 54.7 Å². The molecule has 0 aromatic heterocycles. The predicted octanol–water partition coefficient (Wildman–Crippen LogP) is 2.81. The Bertz CT molecular complexity index is 1140. The topological polar surface area (TPSA) is 92.8 Å². The van der Waals surface area contributed by atoms with Gasteiger partial charge < -0.3 is 4.74 Å². The van der Waals surface area contributed by atoms with Gasteiger partial charge in [0, 0.05) is 0 Å². The molecule has 1 saturated carbocycles. The van der Waals surface area contributed by atoms with E-state index in [1.165, 1.54) is 36.3 Å². The zero-order chi connectivity index (χ0) is 21.0. The second-order valence-electron chi connectivity index (χ2n) is 7.81. The van der Waals surface area contributed by atoms with Crippen molar-refractivity contribution in [2.24, 2.45) is 23.7 Å². The van der Waals surface area contributed by atoms with Crippen LogP contribution in [0.2, 0.25) is 0 Å². The molecule has 2 bridgehead atoms. The maximum Gasteiger partial charge on any atom is 0.262 e. The van der Waals surface area contributed by atoms with Crippen LogP contribution in [0.4, 0.5) is 11.4 Å². The van der Waals surface area contributed by atoms with Gasteiger partial charge in [0.2, 0.25) is 11.8 Å². The number of methoxy groups -OCH3 is 1. The molecule has 2 aliphatic carbocycles. The van der Waals surface area contributed by atoms with Crippen LogP contribution in [0.15, 0.2) is 65.6 Å². The fourth-order valence-corrected chi connectivity index (χ4v) is 5.93. The molecule has 1 heterocycles. The highest BCUT2D eigenvalue weighted by atomic mass is 32.2. The third-order valence-electron chi connectivity index (χ3n) is 6.23. The zero-order valence-electron chi connectivity index (χ0n) is 16.2. The number of rotatable bonds is 5. The molecule has 154 valence electrons. The van der Waals surface area contributed by atoms with E-state index >= 15 is 0 Å². The summed E-state index contributed by atoms with van der Waals surface area (Å²) in [6.07, 6.45) is 4.95. The quantitative estimate of drug-likeness (QED) is 0.589. The lowest BCUT2D eigenvalue weighted by Crippen LogP contribution is -2.32. The first kappa shape index (κ1) is 18.9. The van der Waals surface area contributed by atoms with Gasteiger partial charge in [0.25, 0.3) is 10.0 Å². The van der Waals surface area contributed by atoms with Crippen LogP contribution in [0.1, 0.15) is 6.42 Å². The second-order valence-corrected chi connectivity index (χ2v) is 9.49. The summed E-state index contributed by atoms with van der Waals surface area (Å²) in [6.45, 7) is 0. The van der Waals surface area contributed by atoms with Crippen LogP contribution in [-0.4, -0.2) is 27.3 Å². The van der Waals surface area contributed by atoms with E-state index in [9.17, 15) is 18.0 Å². The Balaban J connectivity index is 1.40. The SMILES string of the molecule is COc1ccccc1NS(=O)(=O)c1ccc(N2C(=O)C3C(C2=O)[C@H]2C=C[C@@H]3C2)cc1. The summed E-state index contributed by atoms with van der Waals surface area (Å²) in [6, 6.07) is 12.5. The number of carbonyl (C=O) groups excluding carboxylic acids is 2. The van der Waals surface area contributed by atoms with Gasteiger partial charge >= 0.3 is 0 Å². The van der Waals surface area contributed by atoms with Crippen molar-refractivity contribution in [1.29, 1.82) is 0 Å². The number of fused-ring (bicyclic) bond motifs is 5. The van der Waals surface area contributed by atoms with E-state index in [4.69, 9.17) is 4.74 Å². The number of benzene rings is 2. The van der Waals surface area contributed by atoms with Crippen LogP contribution in [0, 0.1) is 23.7 Å². The van der Waals surface area contributed by atoms with Crippen molar-refractivity contribution in [2.45, 2.75) is 11.3 Å². The molecule has 2 fully saturated rings. The van der Waals surface area contributed by atoms with Crippen LogP contribution < -0.4 is 14.4 Å². The highest BCUT2D eigenvalue weighted by Crippen LogP contribution is 2.53. The number of imide groups is 1. The lowest BCUT2D eigenvalue weighted by atomic mass is 9.85. The number of ether oxygens (including phenoxy) is 1. The average Bonchev–Trinajstić information content (AvgIpc) is 3.42. The van der Waals surface area contributed by atoms with Crippen molar-refractivity contribution in [3.63, 3.8) is 0 Å². The summed E-state index contributed by atoms with van der Waals surface area (Å²) in [4.78, 5) is 27.1. The number of allylic oxidation sites excluding steroid dienone is 2. The summed E-state index contributed by atoms with van der Waals surface area (Å²) in [5.41, 5.74) is 0.722. The van der Waals surface area contributed by atoms with Crippen molar-refractivity contribution in [3.8, 4) is 5.75 Å². The molecule has 1 saturated heterocycles. The Morgan fingerprint density at radius 1 is 0.933 bits per heavy atom. The fourth-order valence-electron chi connectivity index (χ4n) is 4.86. The van der Waals surface area contributed by atoms with Gasteiger partial charge in [-0.25, -0.2) is 8.42 Å². The van der Waals surface area contributed by atoms with E-state index in [0.717, 1.165) is 6.42 Å². The minimum absolute atomic E-state index is 0.0261. The van der Waals surface area contributed by atoms with Crippen molar-refractivity contribution in [2.75, 3.05) is 16.7 Å². The number of para-hydroxylation sites is 2. The van der Waals surface area contributed by atoms with E-state index in [2.05, 4.69) is 4.72 Å². The number of hydrogen-bond donors (Lipinski definition) is 1. The molecule has 2 aromatic rings. The fraction of sp³-hybridized carbons (Fsp3) is 0.273. The van der Waals surface area contributed by atoms with Crippen LogP contribution >= 0.6 is 0 Å². The lowest BCUT2D eigenvalue weighted by Gasteiger charge is -2.18. The summed E-state index contributed by atoms with van der Waals surface area (Å²) >= 11 is 0. The first-order chi connectivity index (χ1) is 14.4. The second kappa shape index (κ2) is 6.70. The summed E-state index contributed by atoms with van der Waals surface area (Å²) in [5.74, 6) is -0.293. The van der Waals surface area contributed by atoms with Crippen LogP contribution in [0.5, 0.6) is 5.75 Å². The number of hydrogen-bond acceptors (Lipinski definition) is 5. The van der Waals surface area contributed by atoms with Gasteiger partial charge in [-0.2, -0.15) is 0 Å². The zero-order valence-corrected chi connectivity index (χ0v) is 17.0. The Hall–Kier alpha value is -3.13. The first-order valence-corrected chi connectivity index (χ1v) is 11.2. The minimum atomic E-state index is -3.86. The van der Waals surface area contributed by atoms with Crippen molar-refractivity contribution in [3.05, 3.63) is 60.7 Å². The Morgan fingerprint density at radius 3 is 2.13 bits per heavy atom. The van der Waals surface area contributed by atoms with Gasteiger partial charge in [0.15, 0.2) is 0 Å². The molecule has 1 N–H and O–H groups in total. The molecule has 0 radical (unpaired) electrons. The molecule has 1 aliphatic heterocycles. The highest BCUT2D eigenvalue weighted by molar-refractivity contribution is 7.92. The summed E-state index contributed by atoms with van der Waals surface area (Å²) in [7, 11) is -2.40. The highest BCUT2D eigenvalue weighted by Gasteiger charge is 2.59. The molecule has 30 heavy (non-hydrogen) atoms. The molecule has 3 aliphatic rings. The largest absolute Gasteiger partial charge is 0.495 e. The van der Waals surface area contributed by atoms with Gasteiger partial charge in [-0.1, -0.05) is 24.3 Å². The average molecular weight is 424 g/mol. The third kappa shape index (κ3) is 2.74. The van der Waals surface area contributed by atoms with E-state index in [1.807, 2.05) is 12.2 Å². The summed E-state index contributed by atoms with van der Waals surface area (Å²) < 4.78 is 33.2. The summed E-state index contributed by atoms with van der Waals surface area (Å²) in [5, 5.41) is 0. The molecule has 5 rings (SSSR count). The van der Waals surface area contributed by atoms with Crippen molar-refractivity contribution < 1.29 is 22.7 Å². The third-order valence-corrected chi connectivity index (χ3v) is 7.61. The molecule has 4 atom stereocenters. The van der Waals surface area contributed by atoms with E-state index in [0.29, 0.717) is 17.1 Å². The van der Waals surface area contributed by atoms with Gasteiger partial charge in [0.1, 0.15) is 5.75 Å². The molecule has 2 unspecified atom stereocenters. The molecular formula is C22H20N2O5S.